The van der Waals surface area contributed by atoms with Gasteiger partial charge < -0.3 is 28.5 Å². The molecule has 7 heteroatoms. The molecule has 0 aliphatic rings. The Morgan fingerprint density at radius 2 is 1.50 bits per heavy atom. The van der Waals surface area contributed by atoms with Gasteiger partial charge in [-0.15, -0.1) is 0 Å². The predicted molar refractivity (Wildman–Crippen MR) is 87.9 cm³/mol. The highest BCUT2D eigenvalue weighted by Crippen LogP contribution is 2.43. The third-order valence-corrected chi connectivity index (χ3v) is 3.78. The van der Waals surface area contributed by atoms with E-state index in [1.54, 1.807) is 12.1 Å². The molecular weight excluding hydrogens is 316 g/mol. The second-order valence-electron chi connectivity index (χ2n) is 4.94. The highest BCUT2D eigenvalue weighted by molar-refractivity contribution is 6.00. The van der Waals surface area contributed by atoms with E-state index in [2.05, 4.69) is 0 Å². The molecule has 0 unspecified atom stereocenters. The zero-order chi connectivity index (χ0) is 17.4. The fraction of sp³-hybridized carbons (Fsp3) is 0.235. The second kappa shape index (κ2) is 5.84. The van der Waals surface area contributed by atoms with Crippen LogP contribution in [0.2, 0.25) is 0 Å². The number of methoxy groups -OCH3 is 4. The zero-order valence-electron chi connectivity index (χ0n) is 13.6. The molecule has 0 aliphatic carbocycles. The molecule has 0 bridgehead atoms. The van der Waals surface area contributed by atoms with Crippen molar-refractivity contribution in [2.75, 3.05) is 28.4 Å². The predicted octanol–water partition coefficient (Wildman–Crippen LogP) is 2.69. The average Bonchev–Trinajstić information content (AvgIpc) is 2.59. The van der Waals surface area contributed by atoms with Gasteiger partial charge in [0, 0.05) is 6.07 Å². The fourth-order valence-corrected chi connectivity index (χ4v) is 2.72. The van der Waals surface area contributed by atoms with Crippen molar-refractivity contribution in [2.45, 2.75) is 0 Å². The van der Waals surface area contributed by atoms with E-state index in [1.165, 1.54) is 34.5 Å². The molecule has 0 spiro atoms. The number of phenolic OH excluding ortho intramolecular Hbond substituents is 1. The second-order valence-corrected chi connectivity index (χ2v) is 4.94. The van der Waals surface area contributed by atoms with E-state index >= 15 is 0 Å². The van der Waals surface area contributed by atoms with Crippen LogP contribution in [0.5, 0.6) is 28.7 Å². The summed E-state index contributed by atoms with van der Waals surface area (Å²) in [6.45, 7) is 0. The Bertz CT molecular complexity index is 988. The van der Waals surface area contributed by atoms with Crippen LogP contribution in [-0.2, 0) is 0 Å². The molecule has 0 radical (unpaired) electrons. The first-order chi connectivity index (χ1) is 11.6. The summed E-state index contributed by atoms with van der Waals surface area (Å²) in [6.07, 6.45) is 0. The van der Waals surface area contributed by atoms with Crippen molar-refractivity contribution >= 4 is 21.9 Å². The van der Waals surface area contributed by atoms with Crippen LogP contribution >= 0.6 is 0 Å². The molecule has 126 valence electrons. The zero-order valence-corrected chi connectivity index (χ0v) is 13.6. The van der Waals surface area contributed by atoms with Crippen LogP contribution < -0.4 is 24.4 Å². The molecule has 3 aromatic rings. The molecule has 0 fully saturated rings. The van der Waals surface area contributed by atoms with Gasteiger partial charge in [-0.25, -0.2) is 0 Å². The quantitative estimate of drug-likeness (QED) is 0.735. The maximum Gasteiger partial charge on any atom is 0.208 e. The first-order valence-corrected chi connectivity index (χ1v) is 7.02. The number of fused-ring (bicyclic) bond motifs is 2. The summed E-state index contributed by atoms with van der Waals surface area (Å²) in [7, 11) is 5.68. The summed E-state index contributed by atoms with van der Waals surface area (Å²) in [6, 6.07) is 4.56. The summed E-state index contributed by atoms with van der Waals surface area (Å²) in [5.41, 5.74) is -0.00711. The first kappa shape index (κ1) is 15.8. The minimum atomic E-state index is -0.378. The van der Waals surface area contributed by atoms with Crippen molar-refractivity contribution in [3.63, 3.8) is 0 Å². The Morgan fingerprint density at radius 3 is 2.08 bits per heavy atom. The third-order valence-electron chi connectivity index (χ3n) is 3.78. The lowest BCUT2D eigenvalue weighted by atomic mass is 10.1. The Labute approximate surface area is 136 Å². The van der Waals surface area contributed by atoms with Crippen LogP contribution in [0.4, 0.5) is 0 Å². The minimum absolute atomic E-state index is 0.0542. The van der Waals surface area contributed by atoms with E-state index in [0.29, 0.717) is 11.5 Å². The molecule has 0 saturated heterocycles. The van der Waals surface area contributed by atoms with Crippen LogP contribution in [0.25, 0.3) is 21.9 Å². The number of benzene rings is 2. The highest BCUT2D eigenvalue weighted by Gasteiger charge is 2.23. The number of aromatic hydroxyl groups is 1. The molecular formula is C17H16O7. The van der Waals surface area contributed by atoms with Crippen molar-refractivity contribution in [1.82, 2.24) is 0 Å². The van der Waals surface area contributed by atoms with Crippen LogP contribution in [0.1, 0.15) is 0 Å². The Balaban J connectivity index is 2.61. The smallest absolute Gasteiger partial charge is 0.208 e. The lowest BCUT2D eigenvalue weighted by Crippen LogP contribution is -2.07. The molecule has 24 heavy (non-hydrogen) atoms. The fourth-order valence-electron chi connectivity index (χ4n) is 2.72. The van der Waals surface area contributed by atoms with Gasteiger partial charge in [-0.05, 0) is 12.1 Å². The molecule has 0 saturated carbocycles. The van der Waals surface area contributed by atoms with Crippen molar-refractivity contribution in [1.29, 1.82) is 0 Å². The summed E-state index contributed by atoms with van der Waals surface area (Å²) < 4.78 is 26.7. The van der Waals surface area contributed by atoms with Crippen LogP contribution in [0.15, 0.2) is 27.4 Å². The van der Waals surface area contributed by atoms with Gasteiger partial charge in [-0.3, -0.25) is 4.79 Å². The number of hydrogen-bond acceptors (Lipinski definition) is 7. The molecule has 1 aromatic heterocycles. The lowest BCUT2D eigenvalue weighted by Gasteiger charge is -2.14. The molecule has 0 amide bonds. The summed E-state index contributed by atoms with van der Waals surface area (Å²) >= 11 is 0. The van der Waals surface area contributed by atoms with Gasteiger partial charge in [-0.2, -0.15) is 0 Å². The Hall–Kier alpha value is -3.09. The standard InChI is InChI=1S/C17H16O7/c1-20-9-5-6-10(21-2)16-12(9)14(19)13-11(24-16)7-8(18)15(22-3)17(13)23-4/h5-7,18H,1-4H3. The van der Waals surface area contributed by atoms with Gasteiger partial charge in [0.05, 0.1) is 28.4 Å². The van der Waals surface area contributed by atoms with Gasteiger partial charge in [-0.1, -0.05) is 0 Å². The largest absolute Gasteiger partial charge is 0.504 e. The maximum absolute atomic E-state index is 13.1. The number of hydrogen-bond donors (Lipinski definition) is 1. The summed E-state index contributed by atoms with van der Waals surface area (Å²) in [5.74, 6) is 0.660. The van der Waals surface area contributed by atoms with Crippen LogP contribution in [-0.4, -0.2) is 33.5 Å². The van der Waals surface area contributed by atoms with E-state index in [0.717, 1.165) is 0 Å². The SMILES string of the molecule is COc1c(O)cc2oc3c(OC)ccc(OC)c3c(=O)c2c1OC. The van der Waals surface area contributed by atoms with E-state index in [-0.39, 0.29) is 44.6 Å². The average molecular weight is 332 g/mol. The van der Waals surface area contributed by atoms with Gasteiger partial charge in [0.1, 0.15) is 22.1 Å². The molecule has 1 heterocycles. The van der Waals surface area contributed by atoms with Gasteiger partial charge in [0.15, 0.2) is 22.8 Å². The number of phenols is 1. The molecule has 1 N–H and O–H groups in total. The van der Waals surface area contributed by atoms with E-state index < -0.39 is 0 Å². The minimum Gasteiger partial charge on any atom is -0.504 e. The Kier molecular flexibility index (Phi) is 3.84. The summed E-state index contributed by atoms with van der Waals surface area (Å²) in [4.78, 5) is 13.1. The molecule has 0 aliphatic heterocycles. The lowest BCUT2D eigenvalue weighted by molar-refractivity contribution is 0.335. The highest BCUT2D eigenvalue weighted by atomic mass is 16.5. The first-order valence-electron chi connectivity index (χ1n) is 7.02. The molecule has 2 aromatic carbocycles. The van der Waals surface area contributed by atoms with Crippen molar-refractivity contribution in [3.05, 3.63) is 28.4 Å². The van der Waals surface area contributed by atoms with E-state index in [4.69, 9.17) is 23.4 Å². The van der Waals surface area contributed by atoms with Crippen LogP contribution in [0.3, 0.4) is 0 Å². The molecule has 0 atom stereocenters. The topological polar surface area (TPSA) is 87.4 Å². The maximum atomic E-state index is 13.1. The third kappa shape index (κ3) is 2.09. The molecule has 3 rings (SSSR count). The van der Waals surface area contributed by atoms with Crippen molar-refractivity contribution in [2.24, 2.45) is 0 Å². The van der Waals surface area contributed by atoms with Gasteiger partial charge in [0.25, 0.3) is 0 Å². The van der Waals surface area contributed by atoms with Gasteiger partial charge in [0.2, 0.25) is 11.2 Å². The van der Waals surface area contributed by atoms with E-state index in [1.807, 2.05) is 0 Å². The normalized spacial score (nSPS) is 10.8. The van der Waals surface area contributed by atoms with E-state index in [9.17, 15) is 9.90 Å². The number of rotatable bonds is 4. The van der Waals surface area contributed by atoms with Crippen molar-refractivity contribution in [3.8, 4) is 28.7 Å². The summed E-state index contributed by atoms with van der Waals surface area (Å²) in [5, 5.41) is 10.5. The van der Waals surface area contributed by atoms with Gasteiger partial charge >= 0.3 is 0 Å². The molecule has 7 nitrogen and oxygen atoms in total. The van der Waals surface area contributed by atoms with Crippen LogP contribution in [0, 0.1) is 0 Å². The van der Waals surface area contributed by atoms with Crippen molar-refractivity contribution < 1.29 is 28.5 Å². The Morgan fingerprint density at radius 1 is 0.875 bits per heavy atom. The number of ether oxygens (including phenoxy) is 4. The monoisotopic (exact) mass is 332 g/mol.